The van der Waals surface area contributed by atoms with Crippen molar-refractivity contribution in [3.63, 3.8) is 0 Å². The molecule has 0 unspecified atom stereocenters. The van der Waals surface area contributed by atoms with Crippen molar-refractivity contribution in [3.8, 4) is 0 Å². The molecule has 2 fully saturated rings. The van der Waals surface area contributed by atoms with E-state index in [1.54, 1.807) is 7.11 Å². The molecule has 0 bridgehead atoms. The van der Waals surface area contributed by atoms with E-state index in [0.29, 0.717) is 19.1 Å². The predicted octanol–water partition coefficient (Wildman–Crippen LogP) is 2.70. The van der Waals surface area contributed by atoms with Crippen LogP contribution in [0.5, 0.6) is 0 Å². The number of benzene rings is 1. The number of carbonyl (C=O) groups is 1. The van der Waals surface area contributed by atoms with Gasteiger partial charge in [-0.25, -0.2) is 0 Å². The number of ether oxygens (including phenoxy) is 2. The lowest BCUT2D eigenvalue weighted by molar-refractivity contribution is -0.127. The van der Waals surface area contributed by atoms with Gasteiger partial charge in [0.25, 0.3) is 0 Å². The summed E-state index contributed by atoms with van der Waals surface area (Å²) in [5, 5.41) is 3.16. The second kappa shape index (κ2) is 6.80. The van der Waals surface area contributed by atoms with E-state index in [9.17, 15) is 4.79 Å². The molecule has 120 valence electrons. The molecule has 1 heterocycles. The third-order valence-electron chi connectivity index (χ3n) is 4.99. The lowest BCUT2D eigenvalue weighted by Crippen LogP contribution is -2.36. The minimum atomic E-state index is -0.155. The van der Waals surface area contributed by atoms with Gasteiger partial charge in [0.05, 0.1) is 11.5 Å². The molecule has 1 aliphatic heterocycles. The number of amides is 1. The van der Waals surface area contributed by atoms with E-state index in [1.165, 1.54) is 5.56 Å². The Morgan fingerprint density at radius 2 is 2.14 bits per heavy atom. The third kappa shape index (κ3) is 3.33. The summed E-state index contributed by atoms with van der Waals surface area (Å²) in [5.74, 6) is 0.563. The van der Waals surface area contributed by atoms with Crippen LogP contribution in [-0.4, -0.2) is 32.8 Å². The van der Waals surface area contributed by atoms with Crippen LogP contribution in [0.4, 0.5) is 0 Å². The smallest absolute Gasteiger partial charge is 0.226 e. The van der Waals surface area contributed by atoms with Gasteiger partial charge in [-0.2, -0.15) is 0 Å². The number of hydrogen-bond acceptors (Lipinski definition) is 3. The summed E-state index contributed by atoms with van der Waals surface area (Å²) in [5.41, 5.74) is 1.05. The maximum absolute atomic E-state index is 12.4. The Balaban J connectivity index is 1.54. The number of hydrogen-bond donors (Lipinski definition) is 1. The Kier molecular flexibility index (Phi) is 4.79. The van der Waals surface area contributed by atoms with Gasteiger partial charge in [0.15, 0.2) is 0 Å². The summed E-state index contributed by atoms with van der Waals surface area (Å²) in [6.45, 7) is 2.13. The molecular weight excluding hydrogens is 278 g/mol. The fraction of sp³-hybridized carbons (Fsp3) is 0.611. The van der Waals surface area contributed by atoms with Crippen LogP contribution in [-0.2, 0) is 14.3 Å². The zero-order valence-electron chi connectivity index (χ0n) is 13.2. The van der Waals surface area contributed by atoms with E-state index in [4.69, 9.17) is 9.47 Å². The van der Waals surface area contributed by atoms with Gasteiger partial charge in [-0.15, -0.1) is 0 Å². The summed E-state index contributed by atoms with van der Waals surface area (Å²) in [6.07, 6.45) is 3.93. The standard InChI is InChI=1S/C18H25NO3/c1-21-12-10-18(8-9-18)17(20)19-13-15-7-11-22-16(15)14-5-3-2-4-6-14/h2-6,15-16H,7-13H2,1H3,(H,19,20)/t15-,16-/m0/s1. The van der Waals surface area contributed by atoms with Gasteiger partial charge >= 0.3 is 0 Å². The quantitative estimate of drug-likeness (QED) is 0.842. The molecule has 1 aromatic rings. The van der Waals surface area contributed by atoms with Gasteiger partial charge in [-0.1, -0.05) is 30.3 Å². The molecule has 0 aromatic heterocycles. The second-order valence-electron chi connectivity index (χ2n) is 6.48. The minimum Gasteiger partial charge on any atom is -0.385 e. The van der Waals surface area contributed by atoms with E-state index >= 15 is 0 Å². The summed E-state index contributed by atoms with van der Waals surface area (Å²) >= 11 is 0. The second-order valence-corrected chi connectivity index (χ2v) is 6.48. The van der Waals surface area contributed by atoms with Crippen molar-refractivity contribution in [2.75, 3.05) is 26.9 Å². The SMILES string of the molecule is COCCC1(C(=O)NC[C@@H]2CCO[C@H]2c2ccccc2)CC1. The molecule has 4 heteroatoms. The number of nitrogens with one attached hydrogen (secondary N) is 1. The highest BCUT2D eigenvalue weighted by molar-refractivity contribution is 5.85. The van der Waals surface area contributed by atoms with Gasteiger partial charge in [-0.05, 0) is 31.2 Å². The first-order valence-corrected chi connectivity index (χ1v) is 8.19. The summed E-state index contributed by atoms with van der Waals surface area (Å²) in [7, 11) is 1.69. The molecule has 1 saturated heterocycles. The van der Waals surface area contributed by atoms with E-state index in [2.05, 4.69) is 17.4 Å². The van der Waals surface area contributed by atoms with Crippen molar-refractivity contribution < 1.29 is 14.3 Å². The first-order chi connectivity index (χ1) is 10.7. The molecule has 1 amide bonds. The molecule has 1 aliphatic carbocycles. The van der Waals surface area contributed by atoms with Gasteiger partial charge < -0.3 is 14.8 Å². The van der Waals surface area contributed by atoms with Crippen molar-refractivity contribution >= 4 is 5.91 Å². The Bertz CT molecular complexity index is 498. The Labute approximate surface area is 132 Å². The maximum atomic E-state index is 12.4. The number of methoxy groups -OCH3 is 1. The Morgan fingerprint density at radius 1 is 1.36 bits per heavy atom. The van der Waals surface area contributed by atoms with E-state index in [-0.39, 0.29) is 17.4 Å². The first-order valence-electron chi connectivity index (χ1n) is 8.19. The summed E-state index contributed by atoms with van der Waals surface area (Å²) in [4.78, 5) is 12.4. The highest BCUT2D eigenvalue weighted by Gasteiger charge is 2.49. The molecule has 2 atom stereocenters. The van der Waals surface area contributed by atoms with Crippen molar-refractivity contribution in [1.82, 2.24) is 5.32 Å². The predicted molar refractivity (Wildman–Crippen MR) is 84.4 cm³/mol. The van der Waals surface area contributed by atoms with Gasteiger partial charge in [-0.3, -0.25) is 4.79 Å². The van der Waals surface area contributed by atoms with Crippen LogP contribution < -0.4 is 5.32 Å². The van der Waals surface area contributed by atoms with Crippen LogP contribution >= 0.6 is 0 Å². The van der Waals surface area contributed by atoms with Crippen LogP contribution in [0.2, 0.25) is 0 Å². The lowest BCUT2D eigenvalue weighted by atomic mass is 9.94. The van der Waals surface area contributed by atoms with E-state index < -0.39 is 0 Å². The summed E-state index contributed by atoms with van der Waals surface area (Å²) in [6, 6.07) is 10.3. The average Bonchev–Trinajstić information content (AvgIpc) is 3.21. The monoisotopic (exact) mass is 303 g/mol. The highest BCUT2D eigenvalue weighted by atomic mass is 16.5. The zero-order valence-corrected chi connectivity index (χ0v) is 13.2. The van der Waals surface area contributed by atoms with Gasteiger partial charge in [0.1, 0.15) is 0 Å². The zero-order chi connectivity index (χ0) is 15.4. The normalized spacial score (nSPS) is 25.9. The Morgan fingerprint density at radius 3 is 2.82 bits per heavy atom. The molecular formula is C18H25NO3. The topological polar surface area (TPSA) is 47.6 Å². The van der Waals surface area contributed by atoms with Crippen molar-refractivity contribution in [3.05, 3.63) is 35.9 Å². The van der Waals surface area contributed by atoms with Crippen LogP contribution in [0, 0.1) is 11.3 Å². The van der Waals surface area contributed by atoms with Crippen molar-refractivity contribution in [1.29, 1.82) is 0 Å². The molecule has 1 N–H and O–H groups in total. The molecule has 0 spiro atoms. The van der Waals surface area contributed by atoms with Crippen molar-refractivity contribution in [2.45, 2.75) is 31.8 Å². The largest absolute Gasteiger partial charge is 0.385 e. The van der Waals surface area contributed by atoms with E-state index in [0.717, 1.165) is 32.3 Å². The van der Waals surface area contributed by atoms with Crippen molar-refractivity contribution in [2.24, 2.45) is 11.3 Å². The maximum Gasteiger partial charge on any atom is 0.226 e. The molecule has 1 aromatic carbocycles. The molecule has 1 saturated carbocycles. The Hall–Kier alpha value is -1.39. The van der Waals surface area contributed by atoms with Crippen LogP contribution in [0.3, 0.4) is 0 Å². The van der Waals surface area contributed by atoms with Crippen LogP contribution in [0.15, 0.2) is 30.3 Å². The third-order valence-corrected chi connectivity index (χ3v) is 4.99. The molecule has 22 heavy (non-hydrogen) atoms. The number of carbonyl (C=O) groups excluding carboxylic acids is 1. The first kappa shape index (κ1) is 15.5. The highest BCUT2D eigenvalue weighted by Crippen LogP contribution is 2.49. The molecule has 4 nitrogen and oxygen atoms in total. The van der Waals surface area contributed by atoms with Crippen LogP contribution in [0.25, 0.3) is 0 Å². The minimum absolute atomic E-state index is 0.107. The molecule has 3 rings (SSSR count). The average molecular weight is 303 g/mol. The lowest BCUT2D eigenvalue weighted by Gasteiger charge is -2.21. The fourth-order valence-electron chi connectivity index (χ4n) is 3.30. The van der Waals surface area contributed by atoms with Gasteiger partial charge in [0.2, 0.25) is 5.91 Å². The molecule has 0 radical (unpaired) electrons. The molecule has 2 aliphatic rings. The van der Waals surface area contributed by atoms with Crippen LogP contribution in [0.1, 0.15) is 37.4 Å². The fourth-order valence-corrected chi connectivity index (χ4v) is 3.30. The van der Waals surface area contributed by atoms with Gasteiger partial charge in [0, 0.05) is 32.8 Å². The summed E-state index contributed by atoms with van der Waals surface area (Å²) < 4.78 is 11.0. The van der Waals surface area contributed by atoms with E-state index in [1.807, 2.05) is 18.2 Å². The number of rotatable bonds is 7.